The van der Waals surface area contributed by atoms with Gasteiger partial charge in [0.1, 0.15) is 30.3 Å². The summed E-state index contributed by atoms with van der Waals surface area (Å²) in [4.78, 5) is 28.6. The largest absolute Gasteiger partial charge is 0.497 e. The average molecular weight is 601 g/mol. The number of carbonyl (C=O) groups is 2. The lowest BCUT2D eigenvalue weighted by atomic mass is 9.77. The van der Waals surface area contributed by atoms with Crippen molar-refractivity contribution in [3.63, 3.8) is 0 Å². The second-order valence-corrected chi connectivity index (χ2v) is 10.2. The van der Waals surface area contributed by atoms with E-state index in [0.29, 0.717) is 47.2 Å². The summed E-state index contributed by atoms with van der Waals surface area (Å²) in [5.41, 5.74) is 2.17. The van der Waals surface area contributed by atoms with E-state index in [0.717, 1.165) is 5.56 Å². The van der Waals surface area contributed by atoms with E-state index in [2.05, 4.69) is 5.32 Å². The molecule has 0 bridgehead atoms. The Morgan fingerprint density at radius 1 is 1.05 bits per heavy atom. The van der Waals surface area contributed by atoms with E-state index in [4.69, 9.17) is 23.7 Å². The van der Waals surface area contributed by atoms with Crippen LogP contribution in [-0.4, -0.2) is 105 Å². The Kier molecular flexibility index (Phi) is 10.9. The molecule has 12 nitrogen and oxygen atoms in total. The van der Waals surface area contributed by atoms with Crippen LogP contribution in [0.5, 0.6) is 23.0 Å². The molecular weight excluding hydrogens is 560 g/mol. The number of hydrogen-bond donors (Lipinski definition) is 4. The highest BCUT2D eigenvalue weighted by molar-refractivity contribution is 5.96. The molecule has 0 fully saturated rings. The Morgan fingerprint density at radius 2 is 1.81 bits per heavy atom. The molecule has 0 saturated heterocycles. The molecule has 2 amide bonds. The number of nitrogens with zero attached hydrogens (tertiary/aromatic N) is 1. The van der Waals surface area contributed by atoms with E-state index in [1.165, 1.54) is 12.0 Å². The molecule has 234 valence electrons. The number of fused-ring (bicyclic) bond motifs is 3. The maximum absolute atomic E-state index is 13.6. The van der Waals surface area contributed by atoms with Crippen molar-refractivity contribution >= 4 is 11.8 Å². The number of ether oxygens (including phenoxy) is 5. The van der Waals surface area contributed by atoms with Gasteiger partial charge in [0, 0.05) is 30.8 Å². The van der Waals surface area contributed by atoms with E-state index >= 15 is 0 Å². The van der Waals surface area contributed by atoms with Crippen LogP contribution in [0, 0.1) is 0 Å². The maximum Gasteiger partial charge on any atom is 0.249 e. The summed E-state index contributed by atoms with van der Waals surface area (Å²) in [6.45, 7) is 1.50. The molecule has 0 unspecified atom stereocenters. The molecule has 0 spiro atoms. The molecule has 4 N–H and O–H groups in total. The number of rotatable bonds is 14. The smallest absolute Gasteiger partial charge is 0.249 e. The molecular formula is C31H40N2O10. The normalized spacial score (nSPS) is 20.3. The van der Waals surface area contributed by atoms with Crippen LogP contribution in [0.1, 0.15) is 29.5 Å². The van der Waals surface area contributed by atoms with Gasteiger partial charge in [-0.15, -0.1) is 0 Å². The van der Waals surface area contributed by atoms with E-state index in [9.17, 15) is 24.9 Å². The van der Waals surface area contributed by atoms with Crippen molar-refractivity contribution in [1.82, 2.24) is 10.2 Å². The monoisotopic (exact) mass is 600 g/mol. The topological polar surface area (TPSA) is 156 Å². The number of amides is 2. The van der Waals surface area contributed by atoms with Crippen molar-refractivity contribution in [3.8, 4) is 23.0 Å². The third kappa shape index (κ3) is 6.72. The van der Waals surface area contributed by atoms with Crippen molar-refractivity contribution in [3.05, 3.63) is 58.7 Å². The van der Waals surface area contributed by atoms with Crippen molar-refractivity contribution in [2.45, 2.75) is 44.1 Å². The van der Waals surface area contributed by atoms with Gasteiger partial charge in [0.05, 0.1) is 46.5 Å². The Balaban J connectivity index is 1.77. The quantitative estimate of drug-likeness (QED) is 0.246. The Bertz CT molecular complexity index is 1330. The summed E-state index contributed by atoms with van der Waals surface area (Å²) in [6, 6.07) is 7.77. The van der Waals surface area contributed by atoms with Crippen LogP contribution in [0.25, 0.3) is 0 Å². The van der Waals surface area contributed by atoms with Crippen LogP contribution >= 0.6 is 0 Å². The van der Waals surface area contributed by atoms with Gasteiger partial charge in [-0.2, -0.15) is 0 Å². The average Bonchev–Trinajstić information content (AvgIpc) is 3.42. The highest BCUT2D eigenvalue weighted by atomic mass is 16.5. The molecule has 2 aromatic carbocycles. The van der Waals surface area contributed by atoms with Crippen LogP contribution < -0.4 is 24.3 Å². The summed E-state index contributed by atoms with van der Waals surface area (Å²) in [7, 11) is 4.58. The van der Waals surface area contributed by atoms with Crippen LogP contribution in [0.3, 0.4) is 0 Å². The summed E-state index contributed by atoms with van der Waals surface area (Å²) >= 11 is 0. The lowest BCUT2D eigenvalue weighted by Gasteiger charge is -2.40. The van der Waals surface area contributed by atoms with Crippen LogP contribution in [-0.2, 0) is 27.4 Å². The molecule has 0 radical (unpaired) electrons. The zero-order chi connectivity index (χ0) is 31.1. The first kappa shape index (κ1) is 32.1. The van der Waals surface area contributed by atoms with Crippen LogP contribution in [0.2, 0.25) is 0 Å². The summed E-state index contributed by atoms with van der Waals surface area (Å²) in [5.74, 6) is 0.365. The molecule has 1 aliphatic heterocycles. The van der Waals surface area contributed by atoms with Gasteiger partial charge >= 0.3 is 0 Å². The van der Waals surface area contributed by atoms with Crippen molar-refractivity contribution in [1.29, 1.82) is 0 Å². The number of hydrogen-bond acceptors (Lipinski definition) is 10. The lowest BCUT2D eigenvalue weighted by Crippen LogP contribution is -2.56. The molecule has 4 rings (SSSR count). The molecule has 1 heterocycles. The fourth-order valence-electron chi connectivity index (χ4n) is 5.65. The second kappa shape index (κ2) is 14.6. The first-order valence-corrected chi connectivity index (χ1v) is 14.2. The van der Waals surface area contributed by atoms with E-state index in [-0.39, 0.29) is 44.4 Å². The van der Waals surface area contributed by atoms with Gasteiger partial charge < -0.3 is 49.2 Å². The SMILES string of the molecule is CCOCC(=O)N(CCc1cc(OC)ccc1OC)[C@@H]1C=C(C(=O)NCCO)[C@@H]2c3cc(CO)cc(OC)c3O[C@@H]2[C@H]1O. The highest BCUT2D eigenvalue weighted by Crippen LogP contribution is 2.51. The predicted molar refractivity (Wildman–Crippen MR) is 156 cm³/mol. The summed E-state index contributed by atoms with van der Waals surface area (Å²) in [6.07, 6.45) is -0.255. The summed E-state index contributed by atoms with van der Waals surface area (Å²) in [5, 5.41) is 33.7. The molecule has 2 aromatic rings. The van der Waals surface area contributed by atoms with Crippen LogP contribution in [0.15, 0.2) is 42.0 Å². The van der Waals surface area contributed by atoms with Crippen LogP contribution in [0.4, 0.5) is 0 Å². The predicted octanol–water partition coefficient (Wildman–Crippen LogP) is 0.935. The zero-order valence-corrected chi connectivity index (χ0v) is 24.9. The van der Waals surface area contributed by atoms with Gasteiger partial charge in [0.15, 0.2) is 11.5 Å². The number of nitrogens with one attached hydrogen (secondary N) is 1. The Hall–Kier alpha value is -3.84. The van der Waals surface area contributed by atoms with Gasteiger partial charge in [-0.25, -0.2) is 0 Å². The van der Waals surface area contributed by atoms with Gasteiger partial charge in [-0.05, 0) is 60.9 Å². The maximum atomic E-state index is 13.6. The molecule has 0 aromatic heterocycles. The number of methoxy groups -OCH3 is 3. The van der Waals surface area contributed by atoms with Crippen molar-refractivity contribution in [2.24, 2.45) is 0 Å². The number of benzene rings is 2. The standard InChI is InChI=1S/C31H40N2O10/c1-5-42-17-26(36)33(10-8-19-14-20(39-2)6-7-24(19)40-3)23-15-22(31(38)32-9-11-34)27-21-12-18(16-35)13-25(41-4)29(21)43-30(27)28(23)37/h6-7,12-15,23,27-28,30,34-35,37H,5,8-11,16-17H2,1-4H3,(H,32,38)/t23-,27+,28+,30+/m1/s1. The molecule has 0 saturated carbocycles. The number of carbonyl (C=O) groups excluding carboxylic acids is 2. The lowest BCUT2D eigenvalue weighted by molar-refractivity contribution is -0.141. The van der Waals surface area contributed by atoms with E-state index in [1.807, 2.05) is 6.07 Å². The fraction of sp³-hybridized carbons (Fsp3) is 0.484. The molecule has 43 heavy (non-hydrogen) atoms. The molecule has 12 heteroatoms. The fourth-order valence-corrected chi connectivity index (χ4v) is 5.65. The minimum atomic E-state index is -1.24. The third-order valence-corrected chi connectivity index (χ3v) is 7.71. The highest BCUT2D eigenvalue weighted by Gasteiger charge is 2.51. The second-order valence-electron chi connectivity index (χ2n) is 10.2. The van der Waals surface area contributed by atoms with E-state index < -0.39 is 30.1 Å². The molecule has 4 atom stereocenters. The van der Waals surface area contributed by atoms with Crippen molar-refractivity contribution in [2.75, 3.05) is 54.2 Å². The minimum Gasteiger partial charge on any atom is -0.497 e. The van der Waals surface area contributed by atoms with E-state index in [1.54, 1.807) is 51.5 Å². The van der Waals surface area contributed by atoms with Gasteiger partial charge in [0.25, 0.3) is 0 Å². The van der Waals surface area contributed by atoms with Crippen molar-refractivity contribution < 1.29 is 48.6 Å². The Morgan fingerprint density at radius 3 is 2.47 bits per heavy atom. The van der Waals surface area contributed by atoms with Gasteiger partial charge in [-0.1, -0.05) is 0 Å². The van der Waals surface area contributed by atoms with Gasteiger partial charge in [0.2, 0.25) is 11.8 Å². The first-order chi connectivity index (χ1) is 20.8. The summed E-state index contributed by atoms with van der Waals surface area (Å²) < 4.78 is 28.1. The first-order valence-electron chi connectivity index (χ1n) is 14.2. The molecule has 2 aliphatic rings. The van der Waals surface area contributed by atoms with Gasteiger partial charge in [-0.3, -0.25) is 9.59 Å². The number of aliphatic hydroxyl groups is 3. The zero-order valence-electron chi connectivity index (χ0n) is 24.9. The third-order valence-electron chi connectivity index (χ3n) is 7.71. The number of aliphatic hydroxyl groups excluding tert-OH is 3. The molecule has 1 aliphatic carbocycles. The minimum absolute atomic E-state index is 0.0110. The Labute approximate surface area is 250 Å².